The summed E-state index contributed by atoms with van der Waals surface area (Å²) < 4.78 is 0. The molecular formula is C9H15N5. The van der Waals surface area contributed by atoms with E-state index in [1.165, 1.54) is 12.8 Å². The Labute approximate surface area is 82.9 Å². The van der Waals surface area contributed by atoms with Crippen LogP contribution in [0, 0.1) is 5.92 Å². The zero-order valence-corrected chi connectivity index (χ0v) is 8.20. The molecule has 1 aromatic heterocycles. The lowest BCUT2D eigenvalue weighted by Crippen LogP contribution is -2.34. The zero-order chi connectivity index (χ0) is 10.1. The van der Waals surface area contributed by atoms with Gasteiger partial charge in [-0.2, -0.15) is 9.97 Å². The molecule has 14 heavy (non-hydrogen) atoms. The molecule has 0 spiro atoms. The molecule has 5 N–H and O–H groups in total. The molecule has 0 atom stereocenters. The van der Waals surface area contributed by atoms with E-state index in [-0.39, 0.29) is 5.95 Å². The van der Waals surface area contributed by atoms with Crippen LogP contribution in [0.1, 0.15) is 19.8 Å². The highest BCUT2D eigenvalue weighted by atomic mass is 15.1. The van der Waals surface area contributed by atoms with Gasteiger partial charge in [0.15, 0.2) is 0 Å². The normalized spacial score (nSPS) is 25.5. The summed E-state index contributed by atoms with van der Waals surface area (Å²) in [6.07, 6.45) is 2.37. The zero-order valence-electron chi connectivity index (χ0n) is 8.20. The van der Waals surface area contributed by atoms with E-state index in [2.05, 4.69) is 22.2 Å². The number of nitrogens with zero attached hydrogens (tertiary/aromatic N) is 2. The first-order chi connectivity index (χ1) is 6.63. The Balaban J connectivity index is 2.02. The number of nitrogen functional groups attached to an aromatic ring is 2. The van der Waals surface area contributed by atoms with E-state index < -0.39 is 0 Å². The van der Waals surface area contributed by atoms with Crippen molar-refractivity contribution in [1.29, 1.82) is 0 Å². The van der Waals surface area contributed by atoms with Gasteiger partial charge in [0.05, 0.1) is 0 Å². The third kappa shape index (κ3) is 1.86. The van der Waals surface area contributed by atoms with Crippen LogP contribution < -0.4 is 16.8 Å². The molecule has 1 aliphatic rings. The van der Waals surface area contributed by atoms with Gasteiger partial charge in [0, 0.05) is 12.1 Å². The van der Waals surface area contributed by atoms with E-state index in [1.54, 1.807) is 6.07 Å². The van der Waals surface area contributed by atoms with Gasteiger partial charge in [-0.05, 0) is 18.8 Å². The number of hydrogen-bond donors (Lipinski definition) is 3. The van der Waals surface area contributed by atoms with Crippen LogP contribution in [0.5, 0.6) is 0 Å². The molecule has 0 radical (unpaired) electrons. The molecule has 0 aliphatic heterocycles. The van der Waals surface area contributed by atoms with Gasteiger partial charge in [0.1, 0.15) is 11.6 Å². The number of rotatable bonds is 2. The molecule has 0 bridgehead atoms. The lowest BCUT2D eigenvalue weighted by atomic mass is 9.82. The SMILES string of the molecule is CC1CC(Nc2cc(N)nc(N)n2)C1. The molecule has 0 saturated heterocycles. The third-order valence-electron chi connectivity index (χ3n) is 2.49. The summed E-state index contributed by atoms with van der Waals surface area (Å²) >= 11 is 0. The topological polar surface area (TPSA) is 89.8 Å². The summed E-state index contributed by atoms with van der Waals surface area (Å²) in [5, 5.41) is 3.28. The number of nitrogens with one attached hydrogen (secondary N) is 1. The van der Waals surface area contributed by atoms with Crippen LogP contribution in [0.3, 0.4) is 0 Å². The summed E-state index contributed by atoms with van der Waals surface area (Å²) in [6, 6.07) is 2.22. The Morgan fingerprint density at radius 1 is 1.36 bits per heavy atom. The molecule has 76 valence electrons. The van der Waals surface area contributed by atoms with Crippen LogP contribution in [0.4, 0.5) is 17.6 Å². The van der Waals surface area contributed by atoms with Gasteiger partial charge in [-0.15, -0.1) is 0 Å². The van der Waals surface area contributed by atoms with Crippen LogP contribution in [-0.2, 0) is 0 Å². The lowest BCUT2D eigenvalue weighted by Gasteiger charge is -2.33. The van der Waals surface area contributed by atoms with Crippen LogP contribution in [0.15, 0.2) is 6.07 Å². The van der Waals surface area contributed by atoms with Crippen molar-refractivity contribution in [1.82, 2.24) is 9.97 Å². The highest BCUT2D eigenvalue weighted by Crippen LogP contribution is 2.29. The molecule has 1 heterocycles. The summed E-state index contributed by atoms with van der Waals surface area (Å²) in [7, 11) is 0. The molecule has 2 rings (SSSR count). The second-order valence-corrected chi connectivity index (χ2v) is 3.95. The number of nitrogens with two attached hydrogens (primary N) is 2. The largest absolute Gasteiger partial charge is 0.383 e. The van der Waals surface area contributed by atoms with Gasteiger partial charge in [0.2, 0.25) is 5.95 Å². The fraction of sp³-hybridized carbons (Fsp3) is 0.556. The first-order valence-corrected chi connectivity index (χ1v) is 4.80. The van der Waals surface area contributed by atoms with Crippen molar-refractivity contribution in [3.8, 4) is 0 Å². The Kier molecular flexibility index (Phi) is 2.15. The van der Waals surface area contributed by atoms with Crippen molar-refractivity contribution >= 4 is 17.6 Å². The number of aromatic nitrogens is 2. The molecule has 0 aromatic carbocycles. The van der Waals surface area contributed by atoms with Gasteiger partial charge < -0.3 is 16.8 Å². The molecule has 1 aromatic rings. The molecule has 1 fully saturated rings. The molecular weight excluding hydrogens is 178 g/mol. The second-order valence-electron chi connectivity index (χ2n) is 3.95. The highest BCUT2D eigenvalue weighted by Gasteiger charge is 2.25. The Morgan fingerprint density at radius 2 is 2.07 bits per heavy atom. The fourth-order valence-corrected chi connectivity index (χ4v) is 1.79. The Morgan fingerprint density at radius 3 is 2.64 bits per heavy atom. The van der Waals surface area contributed by atoms with Crippen molar-refractivity contribution in [2.45, 2.75) is 25.8 Å². The quantitative estimate of drug-likeness (QED) is 0.648. The van der Waals surface area contributed by atoms with Gasteiger partial charge in [0.25, 0.3) is 0 Å². The second kappa shape index (κ2) is 3.32. The van der Waals surface area contributed by atoms with Crippen molar-refractivity contribution in [2.24, 2.45) is 5.92 Å². The Hall–Kier alpha value is -1.52. The van der Waals surface area contributed by atoms with Crippen molar-refractivity contribution in [2.75, 3.05) is 16.8 Å². The van der Waals surface area contributed by atoms with Gasteiger partial charge in [-0.3, -0.25) is 0 Å². The molecule has 5 heteroatoms. The standard InChI is InChI=1S/C9H15N5/c1-5-2-6(3-5)12-8-4-7(10)13-9(11)14-8/h4-6H,2-3H2,1H3,(H5,10,11,12,13,14). The molecule has 1 saturated carbocycles. The van der Waals surface area contributed by atoms with E-state index in [1.807, 2.05) is 0 Å². The van der Waals surface area contributed by atoms with E-state index in [0.717, 1.165) is 11.7 Å². The molecule has 0 unspecified atom stereocenters. The number of hydrogen-bond acceptors (Lipinski definition) is 5. The predicted molar refractivity (Wildman–Crippen MR) is 56.7 cm³/mol. The highest BCUT2D eigenvalue weighted by molar-refractivity contribution is 5.49. The average molecular weight is 193 g/mol. The lowest BCUT2D eigenvalue weighted by molar-refractivity contribution is 0.308. The van der Waals surface area contributed by atoms with Crippen LogP contribution in [0.25, 0.3) is 0 Å². The van der Waals surface area contributed by atoms with E-state index in [9.17, 15) is 0 Å². The average Bonchev–Trinajstić information content (AvgIpc) is 1.99. The van der Waals surface area contributed by atoms with Crippen molar-refractivity contribution in [3.63, 3.8) is 0 Å². The van der Waals surface area contributed by atoms with Gasteiger partial charge in [-0.25, -0.2) is 0 Å². The third-order valence-corrected chi connectivity index (χ3v) is 2.49. The predicted octanol–water partition coefficient (Wildman–Crippen LogP) is 0.851. The van der Waals surface area contributed by atoms with Gasteiger partial charge in [-0.1, -0.05) is 6.92 Å². The Bertz CT molecular complexity index is 312. The summed E-state index contributed by atoms with van der Waals surface area (Å²) in [5.41, 5.74) is 11.0. The van der Waals surface area contributed by atoms with Crippen LogP contribution in [0.2, 0.25) is 0 Å². The minimum absolute atomic E-state index is 0.222. The fourth-order valence-electron chi connectivity index (χ4n) is 1.79. The minimum Gasteiger partial charge on any atom is -0.383 e. The van der Waals surface area contributed by atoms with E-state index >= 15 is 0 Å². The summed E-state index contributed by atoms with van der Waals surface area (Å²) in [5.74, 6) is 2.17. The van der Waals surface area contributed by atoms with Crippen molar-refractivity contribution < 1.29 is 0 Å². The summed E-state index contributed by atoms with van der Waals surface area (Å²) in [6.45, 7) is 2.24. The smallest absolute Gasteiger partial charge is 0.223 e. The van der Waals surface area contributed by atoms with E-state index in [4.69, 9.17) is 11.5 Å². The summed E-state index contributed by atoms with van der Waals surface area (Å²) in [4.78, 5) is 7.86. The molecule has 5 nitrogen and oxygen atoms in total. The van der Waals surface area contributed by atoms with E-state index in [0.29, 0.717) is 11.9 Å². The maximum Gasteiger partial charge on any atom is 0.223 e. The first-order valence-electron chi connectivity index (χ1n) is 4.80. The van der Waals surface area contributed by atoms with Crippen molar-refractivity contribution in [3.05, 3.63) is 6.07 Å². The maximum absolute atomic E-state index is 5.55. The molecule has 0 amide bonds. The van der Waals surface area contributed by atoms with Crippen LogP contribution >= 0.6 is 0 Å². The number of anilines is 3. The monoisotopic (exact) mass is 193 g/mol. The van der Waals surface area contributed by atoms with Gasteiger partial charge >= 0.3 is 0 Å². The first kappa shape index (κ1) is 9.05. The maximum atomic E-state index is 5.55. The minimum atomic E-state index is 0.222. The van der Waals surface area contributed by atoms with Crippen LogP contribution in [-0.4, -0.2) is 16.0 Å². The molecule has 1 aliphatic carbocycles.